The second-order valence-corrected chi connectivity index (χ2v) is 6.50. The molecule has 1 aromatic carbocycles. The van der Waals surface area contributed by atoms with Crippen molar-refractivity contribution in [2.45, 2.75) is 38.5 Å². The summed E-state index contributed by atoms with van der Waals surface area (Å²) in [6.07, 6.45) is 5.00. The minimum atomic E-state index is -0.871. The highest BCUT2D eigenvalue weighted by atomic mass is 16.4. The molecule has 1 unspecified atom stereocenters. The molecule has 1 amide bonds. The Labute approximate surface area is 146 Å². The van der Waals surface area contributed by atoms with Crippen molar-refractivity contribution in [2.75, 3.05) is 6.54 Å². The van der Waals surface area contributed by atoms with Crippen molar-refractivity contribution in [3.8, 4) is 5.69 Å². The first-order chi connectivity index (χ1) is 12.1. The van der Waals surface area contributed by atoms with Crippen LogP contribution in [0.4, 0.5) is 0 Å². The second kappa shape index (κ2) is 7.51. The van der Waals surface area contributed by atoms with Crippen LogP contribution < -0.4 is 5.32 Å². The van der Waals surface area contributed by atoms with Gasteiger partial charge in [0, 0.05) is 12.5 Å². The van der Waals surface area contributed by atoms with Crippen LogP contribution in [0.15, 0.2) is 36.5 Å². The van der Waals surface area contributed by atoms with Gasteiger partial charge >= 0.3 is 5.97 Å². The zero-order valence-corrected chi connectivity index (χ0v) is 14.3. The van der Waals surface area contributed by atoms with Crippen molar-refractivity contribution < 1.29 is 14.7 Å². The first-order valence-corrected chi connectivity index (χ1v) is 8.76. The smallest absolute Gasteiger partial charge is 0.308 e. The van der Waals surface area contributed by atoms with Gasteiger partial charge in [-0.3, -0.25) is 9.59 Å². The highest BCUT2D eigenvalue weighted by Gasteiger charge is 2.33. The van der Waals surface area contributed by atoms with Crippen LogP contribution in [0.5, 0.6) is 0 Å². The van der Waals surface area contributed by atoms with Gasteiger partial charge in [-0.2, -0.15) is 5.10 Å². The lowest BCUT2D eigenvalue weighted by Gasteiger charge is -2.13. The summed E-state index contributed by atoms with van der Waals surface area (Å²) in [5, 5.41) is 16.4. The van der Waals surface area contributed by atoms with Crippen LogP contribution in [0.25, 0.3) is 5.69 Å². The predicted molar refractivity (Wildman–Crippen MR) is 93.9 cm³/mol. The predicted octanol–water partition coefficient (Wildman–Crippen LogP) is 2.98. The molecule has 0 radical (unpaired) electrons. The van der Waals surface area contributed by atoms with E-state index < -0.39 is 11.9 Å². The lowest BCUT2D eigenvalue weighted by molar-refractivity contribution is -0.141. The number of carboxylic acids is 1. The maximum atomic E-state index is 12.6. The van der Waals surface area contributed by atoms with E-state index >= 15 is 0 Å². The van der Waals surface area contributed by atoms with E-state index in [1.807, 2.05) is 41.9 Å². The highest BCUT2D eigenvalue weighted by molar-refractivity contribution is 5.95. The Morgan fingerprint density at radius 3 is 2.64 bits per heavy atom. The molecule has 6 heteroatoms. The van der Waals surface area contributed by atoms with Crippen molar-refractivity contribution >= 4 is 11.9 Å². The second-order valence-electron chi connectivity index (χ2n) is 6.50. The van der Waals surface area contributed by atoms with Crippen LogP contribution in [0, 0.1) is 5.92 Å². The Bertz CT molecular complexity index is 751. The van der Waals surface area contributed by atoms with Crippen molar-refractivity contribution in [3.05, 3.63) is 47.8 Å². The van der Waals surface area contributed by atoms with Gasteiger partial charge in [0.25, 0.3) is 5.91 Å². The summed E-state index contributed by atoms with van der Waals surface area (Å²) in [7, 11) is 0. The van der Waals surface area contributed by atoms with Gasteiger partial charge in [0.1, 0.15) is 0 Å². The Morgan fingerprint density at radius 1 is 1.32 bits per heavy atom. The van der Waals surface area contributed by atoms with E-state index in [1.54, 1.807) is 6.20 Å². The molecule has 0 saturated heterocycles. The summed E-state index contributed by atoms with van der Waals surface area (Å²) < 4.78 is 1.83. The molecule has 1 atom stereocenters. The van der Waals surface area contributed by atoms with Gasteiger partial charge in [0.15, 0.2) is 0 Å². The fourth-order valence-corrected chi connectivity index (χ4v) is 3.03. The Balaban J connectivity index is 1.79. The van der Waals surface area contributed by atoms with Crippen LogP contribution in [0.2, 0.25) is 0 Å². The molecule has 3 rings (SSSR count). The van der Waals surface area contributed by atoms with Crippen molar-refractivity contribution in [3.63, 3.8) is 0 Å². The van der Waals surface area contributed by atoms with Crippen molar-refractivity contribution in [1.29, 1.82) is 0 Å². The quantitative estimate of drug-likeness (QED) is 0.773. The molecule has 0 aliphatic heterocycles. The number of rotatable bonds is 8. The zero-order valence-electron chi connectivity index (χ0n) is 14.3. The zero-order chi connectivity index (χ0) is 17.8. The van der Waals surface area contributed by atoms with E-state index in [2.05, 4.69) is 10.4 Å². The van der Waals surface area contributed by atoms with Crippen molar-refractivity contribution in [2.24, 2.45) is 5.92 Å². The van der Waals surface area contributed by atoms with E-state index in [0.717, 1.165) is 30.6 Å². The summed E-state index contributed by atoms with van der Waals surface area (Å²) in [4.78, 5) is 23.9. The largest absolute Gasteiger partial charge is 0.481 e. The van der Waals surface area contributed by atoms with E-state index in [1.165, 1.54) is 0 Å². The third-order valence-corrected chi connectivity index (χ3v) is 4.51. The topological polar surface area (TPSA) is 84.2 Å². The third-order valence-electron chi connectivity index (χ3n) is 4.51. The summed E-state index contributed by atoms with van der Waals surface area (Å²) in [5.41, 5.74) is 2.40. The van der Waals surface area contributed by atoms with Gasteiger partial charge in [-0.25, -0.2) is 4.68 Å². The number of carbonyl (C=O) groups excluding carboxylic acids is 1. The average Bonchev–Trinajstić information content (AvgIpc) is 3.36. The summed E-state index contributed by atoms with van der Waals surface area (Å²) in [6.45, 7) is 2.08. The van der Waals surface area contributed by atoms with Gasteiger partial charge < -0.3 is 10.4 Å². The molecule has 1 heterocycles. The van der Waals surface area contributed by atoms with Crippen molar-refractivity contribution in [1.82, 2.24) is 15.1 Å². The standard InChI is InChI=1S/C19H23N3O3/c1-2-6-14(19(24)25)11-20-18(23)16-12-21-22(17(16)13-9-10-13)15-7-4-3-5-8-15/h3-5,7-8,12-14H,2,6,9-11H2,1H3,(H,20,23)(H,24,25). The molecule has 0 bridgehead atoms. The van der Waals surface area contributed by atoms with Crippen LogP contribution in [-0.4, -0.2) is 33.3 Å². The molecule has 1 aliphatic rings. The normalized spacial score (nSPS) is 14.9. The number of benzene rings is 1. The average molecular weight is 341 g/mol. The number of nitrogens with zero attached hydrogens (tertiary/aromatic N) is 2. The number of aromatic nitrogens is 2. The number of nitrogens with one attached hydrogen (secondary N) is 1. The van der Waals surface area contributed by atoms with Crippen LogP contribution >= 0.6 is 0 Å². The molecule has 6 nitrogen and oxygen atoms in total. The van der Waals surface area contributed by atoms with Crippen LogP contribution in [-0.2, 0) is 4.79 Å². The number of carboxylic acid groups (broad SMARTS) is 1. The fourth-order valence-electron chi connectivity index (χ4n) is 3.03. The van der Waals surface area contributed by atoms with Gasteiger partial charge in [-0.15, -0.1) is 0 Å². The minimum absolute atomic E-state index is 0.141. The van der Waals surface area contributed by atoms with Crippen LogP contribution in [0.3, 0.4) is 0 Å². The third kappa shape index (κ3) is 3.90. The maximum Gasteiger partial charge on any atom is 0.308 e. The molecule has 25 heavy (non-hydrogen) atoms. The summed E-state index contributed by atoms with van der Waals surface area (Å²) in [6, 6.07) is 9.74. The first kappa shape index (κ1) is 17.2. The number of aliphatic carboxylic acids is 1. The molecule has 2 aromatic rings. The molecule has 132 valence electrons. The number of amides is 1. The number of hydrogen-bond donors (Lipinski definition) is 2. The Kier molecular flexibility index (Phi) is 5.16. The number of para-hydroxylation sites is 1. The molecular weight excluding hydrogens is 318 g/mol. The van der Waals surface area contributed by atoms with Gasteiger partial charge in [0.2, 0.25) is 0 Å². The fraction of sp³-hybridized carbons (Fsp3) is 0.421. The van der Waals surface area contributed by atoms with E-state index in [9.17, 15) is 14.7 Å². The number of carbonyl (C=O) groups is 2. The first-order valence-electron chi connectivity index (χ1n) is 8.76. The molecule has 1 saturated carbocycles. The monoisotopic (exact) mass is 341 g/mol. The molecule has 1 fully saturated rings. The lowest BCUT2D eigenvalue weighted by Crippen LogP contribution is -2.33. The Hall–Kier alpha value is -2.63. The van der Waals surface area contributed by atoms with Crippen LogP contribution in [0.1, 0.15) is 54.6 Å². The molecule has 1 aromatic heterocycles. The van der Waals surface area contributed by atoms with Gasteiger partial charge in [0.05, 0.1) is 29.1 Å². The van der Waals surface area contributed by atoms with E-state index in [4.69, 9.17) is 0 Å². The Morgan fingerprint density at radius 2 is 2.04 bits per heavy atom. The summed E-state index contributed by atoms with van der Waals surface area (Å²) >= 11 is 0. The minimum Gasteiger partial charge on any atom is -0.481 e. The summed E-state index contributed by atoms with van der Waals surface area (Å²) in [5.74, 6) is -1.33. The molecule has 2 N–H and O–H groups in total. The number of hydrogen-bond acceptors (Lipinski definition) is 3. The van der Waals surface area contributed by atoms with E-state index in [-0.39, 0.29) is 12.5 Å². The van der Waals surface area contributed by atoms with E-state index in [0.29, 0.717) is 17.9 Å². The highest BCUT2D eigenvalue weighted by Crippen LogP contribution is 2.42. The SMILES string of the molecule is CCCC(CNC(=O)c1cnn(-c2ccccc2)c1C1CC1)C(=O)O. The molecule has 1 aliphatic carbocycles. The maximum absolute atomic E-state index is 12.6. The molecule has 0 spiro atoms. The van der Waals surface area contributed by atoms with Gasteiger partial charge in [-0.1, -0.05) is 31.5 Å². The van der Waals surface area contributed by atoms with Gasteiger partial charge in [-0.05, 0) is 31.4 Å². The lowest BCUT2D eigenvalue weighted by atomic mass is 10.0. The molecular formula is C19H23N3O3.